The maximum Gasteiger partial charge on any atom is 0.225 e. The van der Waals surface area contributed by atoms with Crippen molar-refractivity contribution in [3.8, 4) is 0 Å². The van der Waals surface area contributed by atoms with E-state index in [0.717, 1.165) is 45.2 Å². The molecule has 1 heterocycles. The van der Waals surface area contributed by atoms with E-state index < -0.39 is 0 Å². The second-order valence-electron chi connectivity index (χ2n) is 7.03. The largest absolute Gasteiger partial charge is 0.393 e. The first-order valence-electron chi connectivity index (χ1n) is 8.67. The monoisotopic (exact) mass is 301 g/mol. The first kappa shape index (κ1) is 15.5. The Morgan fingerprint density at radius 1 is 1.14 bits per heavy atom. The Hall–Kier alpha value is -1.35. The number of hydrogen-bond donors (Lipinski definition) is 1. The predicted molar refractivity (Wildman–Crippen MR) is 87.5 cm³/mol. The zero-order valence-electron chi connectivity index (χ0n) is 13.4. The van der Waals surface area contributed by atoms with Crippen LogP contribution < -0.4 is 0 Å². The standard InChI is InChI=1S/C19H27NO2/c1-14(21)18-11-12-20(13-18)19(22)17-9-7-16(8-10-17)15-5-3-2-4-6-15/h2-6,14,16-18,21H,7-13H2,1H3. The molecule has 2 fully saturated rings. The SMILES string of the molecule is CC(O)C1CCN(C(=O)C2CCC(c3ccccc3)CC2)C1. The third-order valence-corrected chi connectivity index (χ3v) is 5.57. The minimum Gasteiger partial charge on any atom is -0.393 e. The van der Waals surface area contributed by atoms with E-state index in [2.05, 4.69) is 30.3 Å². The summed E-state index contributed by atoms with van der Waals surface area (Å²) in [6.07, 6.45) is 4.90. The number of nitrogens with zero attached hydrogens (tertiary/aromatic N) is 1. The molecular weight excluding hydrogens is 274 g/mol. The Morgan fingerprint density at radius 2 is 1.82 bits per heavy atom. The van der Waals surface area contributed by atoms with Gasteiger partial charge in [-0.15, -0.1) is 0 Å². The summed E-state index contributed by atoms with van der Waals surface area (Å²) in [7, 11) is 0. The molecule has 0 bridgehead atoms. The third kappa shape index (κ3) is 3.35. The van der Waals surface area contributed by atoms with Crippen LogP contribution in [-0.2, 0) is 4.79 Å². The number of likely N-dealkylation sites (tertiary alicyclic amines) is 1. The maximum absolute atomic E-state index is 12.7. The maximum atomic E-state index is 12.7. The minimum atomic E-state index is -0.299. The Bertz CT molecular complexity index is 491. The smallest absolute Gasteiger partial charge is 0.225 e. The average Bonchev–Trinajstić information content (AvgIpc) is 3.05. The lowest BCUT2D eigenvalue weighted by Gasteiger charge is -2.31. The molecule has 3 rings (SSSR count). The molecule has 1 aliphatic carbocycles. The highest BCUT2D eigenvalue weighted by atomic mass is 16.3. The molecule has 120 valence electrons. The summed E-state index contributed by atoms with van der Waals surface area (Å²) in [6, 6.07) is 10.7. The van der Waals surface area contributed by atoms with E-state index in [1.165, 1.54) is 5.56 Å². The predicted octanol–water partition coefficient (Wildman–Crippen LogP) is 3.19. The van der Waals surface area contributed by atoms with E-state index in [4.69, 9.17) is 0 Å². The Labute approximate surface area is 133 Å². The van der Waals surface area contributed by atoms with Crippen molar-refractivity contribution < 1.29 is 9.90 Å². The van der Waals surface area contributed by atoms with Crippen LogP contribution >= 0.6 is 0 Å². The van der Waals surface area contributed by atoms with Crippen molar-refractivity contribution in [3.05, 3.63) is 35.9 Å². The molecule has 3 nitrogen and oxygen atoms in total. The molecule has 0 spiro atoms. The molecule has 1 saturated heterocycles. The van der Waals surface area contributed by atoms with Gasteiger partial charge >= 0.3 is 0 Å². The number of amides is 1. The highest BCUT2D eigenvalue weighted by Crippen LogP contribution is 2.37. The highest BCUT2D eigenvalue weighted by Gasteiger charge is 2.34. The molecule has 1 amide bonds. The van der Waals surface area contributed by atoms with Crippen molar-refractivity contribution in [2.45, 2.75) is 51.0 Å². The summed E-state index contributed by atoms with van der Waals surface area (Å²) in [4.78, 5) is 14.6. The summed E-state index contributed by atoms with van der Waals surface area (Å²) in [5.41, 5.74) is 1.42. The van der Waals surface area contributed by atoms with Crippen molar-refractivity contribution in [3.63, 3.8) is 0 Å². The van der Waals surface area contributed by atoms with Crippen LogP contribution in [0.5, 0.6) is 0 Å². The molecule has 22 heavy (non-hydrogen) atoms. The number of carbonyl (C=O) groups is 1. The second kappa shape index (κ2) is 6.82. The van der Waals surface area contributed by atoms with Crippen molar-refractivity contribution >= 4 is 5.91 Å². The first-order valence-corrected chi connectivity index (χ1v) is 8.67. The van der Waals surface area contributed by atoms with Gasteiger partial charge in [-0.1, -0.05) is 30.3 Å². The number of aliphatic hydroxyl groups is 1. The van der Waals surface area contributed by atoms with Gasteiger partial charge in [0.25, 0.3) is 0 Å². The van der Waals surface area contributed by atoms with Gasteiger partial charge in [0.15, 0.2) is 0 Å². The Balaban J connectivity index is 1.52. The van der Waals surface area contributed by atoms with Gasteiger partial charge in [-0.2, -0.15) is 0 Å². The average molecular weight is 301 g/mol. The second-order valence-corrected chi connectivity index (χ2v) is 7.03. The van der Waals surface area contributed by atoms with Crippen molar-refractivity contribution in [2.24, 2.45) is 11.8 Å². The number of carbonyl (C=O) groups excluding carboxylic acids is 1. The summed E-state index contributed by atoms with van der Waals surface area (Å²) in [5.74, 6) is 1.42. The van der Waals surface area contributed by atoms with Gasteiger partial charge in [-0.3, -0.25) is 4.79 Å². The van der Waals surface area contributed by atoms with Crippen LogP contribution in [-0.4, -0.2) is 35.1 Å². The van der Waals surface area contributed by atoms with E-state index in [-0.39, 0.29) is 17.9 Å². The van der Waals surface area contributed by atoms with Crippen molar-refractivity contribution in [1.29, 1.82) is 0 Å². The van der Waals surface area contributed by atoms with Gasteiger partial charge in [0.1, 0.15) is 0 Å². The molecule has 1 aromatic carbocycles. The quantitative estimate of drug-likeness (QED) is 0.931. The Morgan fingerprint density at radius 3 is 2.41 bits per heavy atom. The van der Waals surface area contributed by atoms with Gasteiger partial charge in [-0.25, -0.2) is 0 Å². The van der Waals surface area contributed by atoms with E-state index >= 15 is 0 Å². The molecule has 1 N–H and O–H groups in total. The van der Waals surface area contributed by atoms with Gasteiger partial charge in [0.2, 0.25) is 5.91 Å². The number of benzene rings is 1. The van der Waals surface area contributed by atoms with Gasteiger partial charge < -0.3 is 10.0 Å². The van der Waals surface area contributed by atoms with Crippen LogP contribution in [0.2, 0.25) is 0 Å². The van der Waals surface area contributed by atoms with Crippen LogP contribution in [0.25, 0.3) is 0 Å². The molecule has 0 aromatic heterocycles. The Kier molecular flexibility index (Phi) is 4.82. The van der Waals surface area contributed by atoms with Crippen LogP contribution in [0.4, 0.5) is 0 Å². The zero-order valence-corrected chi connectivity index (χ0v) is 13.4. The number of hydrogen-bond acceptors (Lipinski definition) is 2. The lowest BCUT2D eigenvalue weighted by molar-refractivity contribution is -0.135. The fourth-order valence-corrected chi connectivity index (χ4v) is 4.04. The van der Waals surface area contributed by atoms with E-state index in [9.17, 15) is 9.90 Å². The van der Waals surface area contributed by atoms with E-state index in [1.807, 2.05) is 11.8 Å². The zero-order chi connectivity index (χ0) is 15.5. The highest BCUT2D eigenvalue weighted by molar-refractivity contribution is 5.79. The fraction of sp³-hybridized carbons (Fsp3) is 0.632. The molecule has 2 aliphatic rings. The first-order chi connectivity index (χ1) is 10.6. The van der Waals surface area contributed by atoms with Crippen LogP contribution in [0.1, 0.15) is 50.5 Å². The summed E-state index contributed by atoms with van der Waals surface area (Å²) in [5, 5.41) is 9.68. The molecule has 0 radical (unpaired) electrons. The molecule has 2 unspecified atom stereocenters. The molecule has 3 heteroatoms. The summed E-state index contributed by atoms with van der Waals surface area (Å²) in [6.45, 7) is 3.41. The van der Waals surface area contributed by atoms with Gasteiger partial charge in [-0.05, 0) is 50.5 Å². The van der Waals surface area contributed by atoms with Gasteiger partial charge in [0.05, 0.1) is 6.10 Å². The van der Waals surface area contributed by atoms with Crippen molar-refractivity contribution in [2.75, 3.05) is 13.1 Å². The van der Waals surface area contributed by atoms with Gasteiger partial charge in [0, 0.05) is 24.9 Å². The number of rotatable bonds is 3. The van der Waals surface area contributed by atoms with Crippen LogP contribution in [0.3, 0.4) is 0 Å². The summed E-state index contributed by atoms with van der Waals surface area (Å²) >= 11 is 0. The lowest BCUT2D eigenvalue weighted by atomic mass is 9.78. The van der Waals surface area contributed by atoms with E-state index in [1.54, 1.807) is 0 Å². The topological polar surface area (TPSA) is 40.5 Å². The van der Waals surface area contributed by atoms with Crippen LogP contribution in [0.15, 0.2) is 30.3 Å². The lowest BCUT2D eigenvalue weighted by Crippen LogP contribution is -2.36. The number of aliphatic hydroxyl groups excluding tert-OH is 1. The molecule has 1 aromatic rings. The molecule has 1 aliphatic heterocycles. The normalized spacial score (nSPS) is 30.3. The van der Waals surface area contributed by atoms with E-state index in [0.29, 0.717) is 11.8 Å². The van der Waals surface area contributed by atoms with Crippen molar-refractivity contribution in [1.82, 2.24) is 4.90 Å². The molecule has 2 atom stereocenters. The van der Waals surface area contributed by atoms with Crippen LogP contribution in [0, 0.1) is 11.8 Å². The molecular formula is C19H27NO2. The molecule has 1 saturated carbocycles. The minimum absolute atomic E-state index is 0.202. The summed E-state index contributed by atoms with van der Waals surface area (Å²) < 4.78 is 0. The fourth-order valence-electron chi connectivity index (χ4n) is 4.04. The third-order valence-electron chi connectivity index (χ3n) is 5.57.